The molecular weight excluding hydrogens is 284 g/mol. The van der Waals surface area contributed by atoms with Crippen LogP contribution in [-0.2, 0) is 20.2 Å². The zero-order valence-corrected chi connectivity index (χ0v) is 11.5. The highest BCUT2D eigenvalue weighted by molar-refractivity contribution is 7.86. The lowest BCUT2D eigenvalue weighted by atomic mass is 10.3. The topological polar surface area (TPSA) is 96.0 Å². The molecule has 0 unspecified atom stereocenters. The van der Waals surface area contributed by atoms with Crippen LogP contribution in [0.25, 0.3) is 0 Å². The molecule has 0 aliphatic rings. The Kier molecular flexibility index (Phi) is 4.07. The Morgan fingerprint density at radius 2 is 1.11 bits per heavy atom. The first kappa shape index (κ1) is 14.6. The number of rotatable bonds is 5. The second kappa shape index (κ2) is 5.02. The summed E-state index contributed by atoms with van der Waals surface area (Å²) in [6, 6.07) is 3.71. The standard InChI is InChI=1S/C9H12O7S2/c1-14-7-4-8(15-17(2,10)11)6-9(5-7)16-18(3,12)13/h4-6H,1-3H3. The molecule has 0 saturated carbocycles. The third kappa shape index (κ3) is 5.23. The minimum absolute atomic E-state index is 0.101. The van der Waals surface area contributed by atoms with Gasteiger partial charge in [0.05, 0.1) is 19.6 Å². The molecule has 0 saturated heterocycles. The van der Waals surface area contributed by atoms with Crippen molar-refractivity contribution in [3.8, 4) is 17.2 Å². The smallest absolute Gasteiger partial charge is 0.306 e. The van der Waals surface area contributed by atoms with Gasteiger partial charge in [0.25, 0.3) is 0 Å². The molecule has 0 N–H and O–H groups in total. The third-order valence-corrected chi connectivity index (χ3v) is 2.57. The van der Waals surface area contributed by atoms with Crippen LogP contribution in [0, 0.1) is 0 Å². The molecule has 0 amide bonds. The Morgan fingerprint density at radius 3 is 1.39 bits per heavy atom. The van der Waals surface area contributed by atoms with Gasteiger partial charge >= 0.3 is 20.2 Å². The van der Waals surface area contributed by atoms with E-state index in [-0.39, 0.29) is 17.2 Å². The maximum absolute atomic E-state index is 11.0. The van der Waals surface area contributed by atoms with Gasteiger partial charge in [0.1, 0.15) is 17.2 Å². The molecule has 0 spiro atoms. The quantitative estimate of drug-likeness (QED) is 0.724. The van der Waals surface area contributed by atoms with E-state index in [0.717, 1.165) is 18.6 Å². The maximum Gasteiger partial charge on any atom is 0.306 e. The van der Waals surface area contributed by atoms with Gasteiger partial charge in [-0.3, -0.25) is 0 Å². The largest absolute Gasteiger partial charge is 0.496 e. The SMILES string of the molecule is COc1cc(OS(C)(=O)=O)cc(OS(C)(=O)=O)c1. The average molecular weight is 296 g/mol. The molecule has 0 aromatic heterocycles. The predicted octanol–water partition coefficient (Wildman–Crippen LogP) is 0.372. The van der Waals surface area contributed by atoms with E-state index in [1.165, 1.54) is 19.2 Å². The fourth-order valence-corrected chi connectivity index (χ4v) is 2.00. The Bertz CT molecular complexity index is 579. The molecule has 0 aliphatic carbocycles. The van der Waals surface area contributed by atoms with E-state index < -0.39 is 20.2 Å². The molecule has 0 heterocycles. The van der Waals surface area contributed by atoms with Crippen molar-refractivity contribution in [2.24, 2.45) is 0 Å². The van der Waals surface area contributed by atoms with Crippen LogP contribution in [0.4, 0.5) is 0 Å². The van der Waals surface area contributed by atoms with Crippen molar-refractivity contribution in [1.29, 1.82) is 0 Å². The summed E-state index contributed by atoms with van der Waals surface area (Å²) in [5, 5.41) is 0. The molecule has 0 aliphatic heterocycles. The van der Waals surface area contributed by atoms with Gasteiger partial charge in [0.15, 0.2) is 0 Å². The summed E-state index contributed by atoms with van der Waals surface area (Å²) < 4.78 is 58.0. The van der Waals surface area contributed by atoms with Crippen molar-refractivity contribution in [3.63, 3.8) is 0 Å². The van der Waals surface area contributed by atoms with Gasteiger partial charge in [0.2, 0.25) is 0 Å². The van der Waals surface area contributed by atoms with E-state index in [9.17, 15) is 16.8 Å². The van der Waals surface area contributed by atoms with Gasteiger partial charge in [-0.15, -0.1) is 0 Å². The highest BCUT2D eigenvalue weighted by Gasteiger charge is 2.11. The summed E-state index contributed by atoms with van der Waals surface area (Å²) >= 11 is 0. The Labute approximate surface area is 106 Å². The van der Waals surface area contributed by atoms with E-state index in [0.29, 0.717) is 0 Å². The van der Waals surface area contributed by atoms with E-state index in [4.69, 9.17) is 4.74 Å². The molecule has 9 heteroatoms. The third-order valence-electron chi connectivity index (χ3n) is 1.58. The molecule has 0 bridgehead atoms. The first-order valence-corrected chi connectivity index (χ1v) is 8.20. The van der Waals surface area contributed by atoms with Gasteiger partial charge in [-0.25, -0.2) is 0 Å². The van der Waals surface area contributed by atoms with Crippen molar-refractivity contribution < 1.29 is 29.9 Å². The minimum Gasteiger partial charge on any atom is -0.496 e. The molecular formula is C9H12O7S2. The normalized spacial score (nSPS) is 11.9. The van der Waals surface area contributed by atoms with Crippen molar-refractivity contribution in [2.45, 2.75) is 0 Å². The second-order valence-corrected chi connectivity index (χ2v) is 6.57. The van der Waals surface area contributed by atoms with Crippen LogP contribution in [0.2, 0.25) is 0 Å². The van der Waals surface area contributed by atoms with E-state index >= 15 is 0 Å². The van der Waals surface area contributed by atoms with Gasteiger partial charge in [-0.05, 0) is 0 Å². The predicted molar refractivity (Wildman–Crippen MR) is 63.9 cm³/mol. The van der Waals surface area contributed by atoms with Crippen molar-refractivity contribution in [1.82, 2.24) is 0 Å². The van der Waals surface area contributed by atoms with Crippen LogP contribution < -0.4 is 13.1 Å². The molecule has 7 nitrogen and oxygen atoms in total. The molecule has 0 atom stereocenters. The van der Waals surface area contributed by atoms with Crippen LogP contribution in [-0.4, -0.2) is 36.5 Å². The van der Waals surface area contributed by atoms with Crippen LogP contribution in [0.1, 0.15) is 0 Å². The summed E-state index contributed by atoms with van der Waals surface area (Å²) in [6.45, 7) is 0. The molecule has 1 aromatic carbocycles. The number of hydrogen-bond donors (Lipinski definition) is 0. The van der Waals surface area contributed by atoms with E-state index in [1.807, 2.05) is 0 Å². The molecule has 18 heavy (non-hydrogen) atoms. The van der Waals surface area contributed by atoms with Gasteiger partial charge in [0, 0.05) is 18.2 Å². The Morgan fingerprint density at radius 1 is 0.778 bits per heavy atom. The highest BCUT2D eigenvalue weighted by atomic mass is 32.2. The van der Waals surface area contributed by atoms with E-state index in [2.05, 4.69) is 8.37 Å². The van der Waals surface area contributed by atoms with Crippen LogP contribution in [0.5, 0.6) is 17.2 Å². The van der Waals surface area contributed by atoms with Gasteiger partial charge < -0.3 is 13.1 Å². The fraction of sp³-hybridized carbons (Fsp3) is 0.333. The fourth-order valence-electron chi connectivity index (χ4n) is 1.11. The Balaban J connectivity index is 3.17. The first-order chi connectivity index (χ1) is 8.09. The van der Waals surface area contributed by atoms with E-state index in [1.54, 1.807) is 0 Å². The zero-order valence-electron chi connectivity index (χ0n) is 9.91. The summed E-state index contributed by atoms with van der Waals surface area (Å²) in [6.07, 6.45) is 1.73. The van der Waals surface area contributed by atoms with Crippen LogP contribution >= 0.6 is 0 Å². The highest BCUT2D eigenvalue weighted by Crippen LogP contribution is 2.29. The molecule has 1 aromatic rings. The number of ether oxygens (including phenoxy) is 1. The number of methoxy groups -OCH3 is 1. The van der Waals surface area contributed by atoms with Gasteiger partial charge in [-0.1, -0.05) is 0 Å². The summed E-state index contributed by atoms with van der Waals surface area (Å²) in [7, 11) is -6.11. The van der Waals surface area contributed by atoms with Crippen molar-refractivity contribution in [3.05, 3.63) is 18.2 Å². The summed E-state index contributed by atoms with van der Waals surface area (Å²) in [5.41, 5.74) is 0. The average Bonchev–Trinajstić information content (AvgIpc) is 2.11. The number of hydrogen-bond acceptors (Lipinski definition) is 7. The monoisotopic (exact) mass is 296 g/mol. The van der Waals surface area contributed by atoms with Crippen molar-refractivity contribution >= 4 is 20.2 Å². The lowest BCUT2D eigenvalue weighted by Crippen LogP contribution is -2.08. The first-order valence-electron chi connectivity index (χ1n) is 4.57. The lowest BCUT2D eigenvalue weighted by molar-refractivity contribution is 0.408. The second-order valence-electron chi connectivity index (χ2n) is 3.42. The summed E-state index contributed by atoms with van der Waals surface area (Å²) in [5.74, 6) is 0.000741. The Hall–Kier alpha value is -1.48. The minimum atomic E-state index is -3.72. The van der Waals surface area contributed by atoms with Crippen LogP contribution in [0.15, 0.2) is 18.2 Å². The molecule has 0 fully saturated rings. The maximum atomic E-state index is 11.0. The van der Waals surface area contributed by atoms with Crippen molar-refractivity contribution in [2.75, 3.05) is 19.6 Å². The summed E-state index contributed by atoms with van der Waals surface area (Å²) in [4.78, 5) is 0. The molecule has 102 valence electrons. The zero-order chi connectivity index (χ0) is 14.0. The number of benzene rings is 1. The molecule has 0 radical (unpaired) electrons. The lowest BCUT2D eigenvalue weighted by Gasteiger charge is -2.09. The molecule has 1 rings (SSSR count). The van der Waals surface area contributed by atoms with Gasteiger partial charge in [-0.2, -0.15) is 16.8 Å². The van der Waals surface area contributed by atoms with Crippen LogP contribution in [0.3, 0.4) is 0 Å².